The van der Waals surface area contributed by atoms with Crippen molar-refractivity contribution in [3.05, 3.63) is 12.2 Å². The predicted octanol–water partition coefficient (Wildman–Crippen LogP) is 0.155. The number of hydrogen-bond donors (Lipinski definition) is 2. The lowest BCUT2D eigenvalue weighted by Gasteiger charge is -2.07. The lowest BCUT2D eigenvalue weighted by molar-refractivity contribution is -0.131. The van der Waals surface area contributed by atoms with Crippen molar-refractivity contribution in [1.29, 1.82) is 0 Å². The van der Waals surface area contributed by atoms with Crippen molar-refractivity contribution in [3.63, 3.8) is 0 Å². The molecule has 0 spiro atoms. The first-order valence-corrected chi connectivity index (χ1v) is 3.77. The minimum absolute atomic E-state index is 0.342. The number of amides is 1. The highest BCUT2D eigenvalue weighted by molar-refractivity contribution is 5.94. The van der Waals surface area contributed by atoms with Crippen LogP contribution >= 0.6 is 0 Å². The summed E-state index contributed by atoms with van der Waals surface area (Å²) in [6, 6.07) is -0.342. The highest BCUT2D eigenvalue weighted by Gasteiger charge is 2.03. The molecule has 70 valence electrons. The molecule has 0 aromatic rings. The fourth-order valence-corrected chi connectivity index (χ4v) is 0.628. The number of nitrogens with one attached hydrogen (secondary N) is 1. The summed E-state index contributed by atoms with van der Waals surface area (Å²) in [5, 5.41) is 10.7. The molecule has 0 aromatic carbocycles. The average Bonchev–Trinajstić information content (AvgIpc) is 2.10. The predicted molar refractivity (Wildman–Crippen MR) is 47.8 cm³/mol. The van der Waals surface area contributed by atoms with Crippen molar-refractivity contribution in [1.82, 2.24) is 5.32 Å². The van der Waals surface area contributed by atoms with Gasteiger partial charge in [-0.2, -0.15) is 0 Å². The van der Waals surface area contributed by atoms with Gasteiger partial charge >= 0.3 is 5.97 Å². The van der Waals surface area contributed by atoms with Gasteiger partial charge in [0.1, 0.15) is 0 Å². The molecule has 0 saturated heterocycles. The van der Waals surface area contributed by atoms with E-state index < -0.39 is 11.9 Å². The maximum Gasteiger partial charge on any atom is 0.328 e. The molecule has 0 fully saturated rings. The van der Waals surface area contributed by atoms with Gasteiger partial charge in [0.05, 0.1) is 6.04 Å². The first kappa shape index (κ1) is 11.2. The lowest BCUT2D eigenvalue weighted by Crippen LogP contribution is -2.31. The molecule has 0 aliphatic rings. The molecule has 0 aliphatic carbocycles. The second-order valence-corrected chi connectivity index (χ2v) is 2.31. The van der Waals surface area contributed by atoms with Crippen molar-refractivity contribution in [3.8, 4) is 12.3 Å². The Morgan fingerprint density at radius 3 is 2.62 bits per heavy atom. The van der Waals surface area contributed by atoms with E-state index in [9.17, 15) is 9.59 Å². The number of hydrogen-bond acceptors (Lipinski definition) is 2. The van der Waals surface area contributed by atoms with E-state index in [0.29, 0.717) is 6.42 Å². The minimum atomic E-state index is -1.16. The second-order valence-electron chi connectivity index (χ2n) is 2.31. The Labute approximate surface area is 76.6 Å². The molecule has 0 bridgehead atoms. The van der Waals surface area contributed by atoms with E-state index in [4.69, 9.17) is 11.5 Å². The third kappa shape index (κ3) is 5.50. The number of aliphatic carboxylic acids is 1. The number of carbonyl (C=O) groups is 2. The van der Waals surface area contributed by atoms with Gasteiger partial charge in [-0.25, -0.2) is 4.79 Å². The molecule has 0 heterocycles. The first-order chi connectivity index (χ1) is 6.10. The molecule has 1 unspecified atom stereocenters. The van der Waals surface area contributed by atoms with Crippen LogP contribution in [0.15, 0.2) is 12.2 Å². The summed E-state index contributed by atoms with van der Waals surface area (Å²) in [4.78, 5) is 20.9. The number of carboxylic acid groups (broad SMARTS) is 1. The summed E-state index contributed by atoms with van der Waals surface area (Å²) < 4.78 is 0. The Morgan fingerprint density at radius 2 is 2.23 bits per heavy atom. The normalized spacial score (nSPS) is 12.0. The van der Waals surface area contributed by atoms with Crippen LogP contribution in [0.3, 0.4) is 0 Å². The summed E-state index contributed by atoms with van der Waals surface area (Å²) >= 11 is 0. The van der Waals surface area contributed by atoms with Crippen molar-refractivity contribution < 1.29 is 14.7 Å². The van der Waals surface area contributed by atoms with Crippen LogP contribution in [0.25, 0.3) is 0 Å². The Balaban J connectivity index is 4.02. The SMILES string of the molecule is C#CC(CC)NC(=O)/C=C/C(=O)O. The fourth-order valence-electron chi connectivity index (χ4n) is 0.628. The van der Waals surface area contributed by atoms with Crippen LogP contribution in [0.4, 0.5) is 0 Å². The summed E-state index contributed by atoms with van der Waals surface area (Å²) in [6.07, 6.45) is 7.39. The number of rotatable bonds is 4. The Hall–Kier alpha value is -1.76. The van der Waals surface area contributed by atoms with Crippen LogP contribution < -0.4 is 5.32 Å². The molecule has 0 radical (unpaired) electrons. The third-order valence-electron chi connectivity index (χ3n) is 1.30. The molecule has 13 heavy (non-hydrogen) atoms. The van der Waals surface area contributed by atoms with E-state index in [0.717, 1.165) is 12.2 Å². The maximum absolute atomic E-state index is 10.9. The largest absolute Gasteiger partial charge is 0.478 e. The van der Waals surface area contributed by atoms with E-state index in [1.54, 1.807) is 0 Å². The van der Waals surface area contributed by atoms with Gasteiger partial charge in [-0.05, 0) is 6.42 Å². The van der Waals surface area contributed by atoms with Crippen LogP contribution in [0.5, 0.6) is 0 Å². The van der Waals surface area contributed by atoms with Gasteiger partial charge < -0.3 is 10.4 Å². The van der Waals surface area contributed by atoms with Gasteiger partial charge in [-0.15, -0.1) is 6.42 Å². The van der Waals surface area contributed by atoms with Gasteiger partial charge in [-0.1, -0.05) is 12.8 Å². The highest BCUT2D eigenvalue weighted by atomic mass is 16.4. The van der Waals surface area contributed by atoms with E-state index in [1.165, 1.54) is 0 Å². The topological polar surface area (TPSA) is 66.4 Å². The molecule has 4 nitrogen and oxygen atoms in total. The smallest absolute Gasteiger partial charge is 0.328 e. The van der Waals surface area contributed by atoms with E-state index in [-0.39, 0.29) is 6.04 Å². The molecule has 1 amide bonds. The molecule has 0 rings (SSSR count). The summed E-state index contributed by atoms with van der Waals surface area (Å²) in [5.74, 6) is 0.701. The van der Waals surface area contributed by atoms with Gasteiger partial charge in [0.2, 0.25) is 5.91 Å². The lowest BCUT2D eigenvalue weighted by atomic mass is 10.2. The van der Waals surface area contributed by atoms with Crippen molar-refractivity contribution in [2.75, 3.05) is 0 Å². The van der Waals surface area contributed by atoms with Gasteiger partial charge in [0, 0.05) is 12.2 Å². The van der Waals surface area contributed by atoms with Gasteiger partial charge in [0.15, 0.2) is 0 Å². The number of carboxylic acids is 1. The second kappa shape index (κ2) is 5.84. The molecular weight excluding hydrogens is 170 g/mol. The zero-order valence-electron chi connectivity index (χ0n) is 7.28. The molecule has 0 aliphatic heterocycles. The minimum Gasteiger partial charge on any atom is -0.478 e. The Kier molecular flexibility index (Phi) is 5.05. The Bertz CT molecular complexity index is 263. The van der Waals surface area contributed by atoms with Crippen LogP contribution in [-0.4, -0.2) is 23.0 Å². The van der Waals surface area contributed by atoms with Gasteiger partial charge in [0.25, 0.3) is 0 Å². The average molecular weight is 181 g/mol. The van der Waals surface area contributed by atoms with Crippen LogP contribution in [0, 0.1) is 12.3 Å². The zero-order chi connectivity index (χ0) is 10.3. The Morgan fingerprint density at radius 1 is 1.62 bits per heavy atom. The molecule has 0 saturated carbocycles. The molecule has 0 aromatic heterocycles. The summed E-state index contributed by atoms with van der Waals surface area (Å²) in [7, 11) is 0. The molecule has 4 heteroatoms. The molecule has 2 N–H and O–H groups in total. The zero-order valence-corrected chi connectivity index (χ0v) is 7.28. The van der Waals surface area contributed by atoms with Crippen molar-refractivity contribution in [2.45, 2.75) is 19.4 Å². The maximum atomic E-state index is 10.9. The summed E-state index contributed by atoms with van der Waals surface area (Å²) in [5.41, 5.74) is 0. The quantitative estimate of drug-likeness (QED) is 0.479. The monoisotopic (exact) mass is 181 g/mol. The molecular formula is C9H11NO3. The highest BCUT2D eigenvalue weighted by Crippen LogP contribution is 1.87. The first-order valence-electron chi connectivity index (χ1n) is 3.77. The van der Waals surface area contributed by atoms with E-state index in [1.807, 2.05) is 6.92 Å². The van der Waals surface area contributed by atoms with E-state index >= 15 is 0 Å². The fraction of sp³-hybridized carbons (Fsp3) is 0.333. The van der Waals surface area contributed by atoms with Crippen LogP contribution in [-0.2, 0) is 9.59 Å². The number of carbonyl (C=O) groups excluding carboxylic acids is 1. The standard InChI is InChI=1S/C9H11NO3/c1-3-7(4-2)10-8(11)5-6-9(12)13/h1,5-7H,4H2,2H3,(H,10,11)(H,12,13)/b6-5+. The van der Waals surface area contributed by atoms with Crippen molar-refractivity contribution in [2.24, 2.45) is 0 Å². The summed E-state index contributed by atoms with van der Waals surface area (Å²) in [6.45, 7) is 1.83. The van der Waals surface area contributed by atoms with Crippen LogP contribution in [0.1, 0.15) is 13.3 Å². The third-order valence-corrected chi connectivity index (χ3v) is 1.30. The van der Waals surface area contributed by atoms with E-state index in [2.05, 4.69) is 11.2 Å². The van der Waals surface area contributed by atoms with Crippen molar-refractivity contribution >= 4 is 11.9 Å². The number of terminal acetylenes is 1. The van der Waals surface area contributed by atoms with Crippen LogP contribution in [0.2, 0.25) is 0 Å². The molecule has 1 atom stereocenters. The van der Waals surface area contributed by atoms with Gasteiger partial charge in [-0.3, -0.25) is 4.79 Å².